The van der Waals surface area contributed by atoms with Gasteiger partial charge in [-0.25, -0.2) is 4.39 Å². The summed E-state index contributed by atoms with van der Waals surface area (Å²) >= 11 is 1.80. The van der Waals surface area contributed by atoms with E-state index in [1.165, 1.54) is 16.0 Å². The minimum atomic E-state index is -0.137. The molecule has 0 spiro atoms. The van der Waals surface area contributed by atoms with Crippen LogP contribution in [-0.2, 0) is 5.75 Å². The van der Waals surface area contributed by atoms with Crippen LogP contribution < -0.4 is 0 Å². The molecule has 0 bridgehead atoms. The highest BCUT2D eigenvalue weighted by Crippen LogP contribution is 2.40. The lowest BCUT2D eigenvalue weighted by atomic mass is 9.90. The molecule has 0 saturated carbocycles. The van der Waals surface area contributed by atoms with Crippen LogP contribution in [0.15, 0.2) is 47.4 Å². The molecule has 0 nitrogen and oxygen atoms in total. The second-order valence-corrected chi connectivity index (χ2v) is 5.41. The fourth-order valence-corrected chi connectivity index (χ4v) is 3.56. The Kier molecular flexibility index (Phi) is 2.67. The molecule has 0 radical (unpaired) electrons. The van der Waals surface area contributed by atoms with Gasteiger partial charge in [0.1, 0.15) is 5.82 Å². The van der Waals surface area contributed by atoms with Crippen LogP contribution in [0, 0.1) is 5.82 Å². The van der Waals surface area contributed by atoms with E-state index >= 15 is 0 Å². The summed E-state index contributed by atoms with van der Waals surface area (Å²) < 4.78 is 13.3. The third-order valence-corrected chi connectivity index (χ3v) is 4.48. The summed E-state index contributed by atoms with van der Waals surface area (Å²) in [7, 11) is 0. The Balaban J connectivity index is 2.16. The van der Waals surface area contributed by atoms with E-state index in [0.29, 0.717) is 5.92 Å². The summed E-state index contributed by atoms with van der Waals surface area (Å²) in [5.74, 6) is 1.06. The minimum Gasteiger partial charge on any atom is -0.207 e. The van der Waals surface area contributed by atoms with Crippen molar-refractivity contribution in [3.8, 4) is 0 Å². The maximum absolute atomic E-state index is 13.3. The third kappa shape index (κ3) is 1.87. The van der Waals surface area contributed by atoms with Gasteiger partial charge in [-0.05, 0) is 34.9 Å². The molecule has 0 aromatic heterocycles. The van der Waals surface area contributed by atoms with Crippen LogP contribution in [0.25, 0.3) is 0 Å². The van der Waals surface area contributed by atoms with Crippen molar-refractivity contribution in [2.75, 3.05) is 0 Å². The Hall–Kier alpha value is -1.28. The Labute approximate surface area is 105 Å². The molecule has 0 aliphatic carbocycles. The fourth-order valence-electron chi connectivity index (χ4n) is 2.41. The van der Waals surface area contributed by atoms with E-state index in [0.717, 1.165) is 11.3 Å². The van der Waals surface area contributed by atoms with Crippen molar-refractivity contribution in [3.05, 3.63) is 65.0 Å². The summed E-state index contributed by atoms with van der Waals surface area (Å²) in [6.07, 6.45) is 0. The maximum atomic E-state index is 13.3. The fraction of sp³-hybridized carbons (Fsp3) is 0.200. The van der Waals surface area contributed by atoms with E-state index in [2.05, 4.69) is 31.2 Å². The largest absolute Gasteiger partial charge is 0.207 e. The molecule has 0 N–H and O–H groups in total. The van der Waals surface area contributed by atoms with Crippen molar-refractivity contribution >= 4 is 11.8 Å². The summed E-state index contributed by atoms with van der Waals surface area (Å²) in [5, 5.41) is 0. The highest BCUT2D eigenvalue weighted by molar-refractivity contribution is 7.98. The lowest BCUT2D eigenvalue weighted by Crippen LogP contribution is -1.99. The van der Waals surface area contributed by atoms with Gasteiger partial charge in [-0.2, -0.15) is 0 Å². The number of halogens is 1. The molecule has 2 heteroatoms. The topological polar surface area (TPSA) is 0 Å². The number of rotatable bonds is 0. The first-order valence-electron chi connectivity index (χ1n) is 5.76. The SMILES string of the molecule is CC1c2ccc(F)cc2CSc2ccccc21. The summed E-state index contributed by atoms with van der Waals surface area (Å²) in [4.78, 5) is 1.32. The first-order chi connectivity index (χ1) is 8.25. The molecular formula is C15H13FS. The average Bonchev–Trinajstić information content (AvgIpc) is 2.48. The van der Waals surface area contributed by atoms with Crippen molar-refractivity contribution in [3.63, 3.8) is 0 Å². The zero-order chi connectivity index (χ0) is 11.8. The van der Waals surface area contributed by atoms with Gasteiger partial charge in [-0.15, -0.1) is 11.8 Å². The van der Waals surface area contributed by atoms with Gasteiger partial charge in [0.05, 0.1) is 0 Å². The second kappa shape index (κ2) is 4.19. The lowest BCUT2D eigenvalue weighted by Gasteiger charge is -2.14. The quantitative estimate of drug-likeness (QED) is 0.653. The van der Waals surface area contributed by atoms with Crippen molar-refractivity contribution in [1.82, 2.24) is 0 Å². The molecule has 0 amide bonds. The van der Waals surface area contributed by atoms with E-state index in [4.69, 9.17) is 0 Å². The molecule has 1 unspecified atom stereocenters. The summed E-state index contributed by atoms with van der Waals surface area (Å²) in [6.45, 7) is 2.20. The molecular weight excluding hydrogens is 231 g/mol. The Morgan fingerprint density at radius 1 is 1.12 bits per heavy atom. The predicted octanol–water partition coefficient (Wildman–Crippen LogP) is 4.58. The first-order valence-corrected chi connectivity index (χ1v) is 6.74. The van der Waals surface area contributed by atoms with Crippen LogP contribution in [0.4, 0.5) is 4.39 Å². The molecule has 1 aliphatic rings. The zero-order valence-corrected chi connectivity index (χ0v) is 10.4. The zero-order valence-electron chi connectivity index (χ0n) is 9.61. The van der Waals surface area contributed by atoms with Crippen molar-refractivity contribution in [1.29, 1.82) is 0 Å². The number of thioether (sulfide) groups is 1. The van der Waals surface area contributed by atoms with Crippen LogP contribution in [0.5, 0.6) is 0 Å². The first kappa shape index (κ1) is 10.8. The Bertz CT molecular complexity index is 563. The van der Waals surface area contributed by atoms with Gasteiger partial charge in [0.15, 0.2) is 0 Å². The van der Waals surface area contributed by atoms with Crippen LogP contribution in [0.2, 0.25) is 0 Å². The normalized spacial score (nSPS) is 18.1. The molecule has 0 fully saturated rings. The molecule has 2 aromatic carbocycles. The van der Waals surface area contributed by atoms with Crippen molar-refractivity contribution in [2.45, 2.75) is 23.5 Å². The van der Waals surface area contributed by atoms with E-state index in [-0.39, 0.29) is 5.82 Å². The minimum absolute atomic E-state index is 0.137. The van der Waals surface area contributed by atoms with Gasteiger partial charge < -0.3 is 0 Å². The monoisotopic (exact) mass is 244 g/mol. The summed E-state index contributed by atoms with van der Waals surface area (Å²) in [6, 6.07) is 13.6. The molecule has 3 rings (SSSR count). The summed E-state index contributed by atoms with van der Waals surface area (Å²) in [5.41, 5.74) is 3.73. The van der Waals surface area contributed by atoms with E-state index in [1.54, 1.807) is 23.9 Å². The van der Waals surface area contributed by atoms with Crippen LogP contribution in [0.1, 0.15) is 29.5 Å². The van der Waals surface area contributed by atoms with E-state index in [9.17, 15) is 4.39 Å². The van der Waals surface area contributed by atoms with Crippen LogP contribution >= 0.6 is 11.8 Å². The Morgan fingerprint density at radius 2 is 1.94 bits per heavy atom. The highest BCUT2D eigenvalue weighted by atomic mass is 32.2. The molecule has 0 saturated heterocycles. The van der Waals surface area contributed by atoms with E-state index < -0.39 is 0 Å². The molecule has 2 aromatic rings. The number of fused-ring (bicyclic) bond motifs is 2. The van der Waals surface area contributed by atoms with Crippen molar-refractivity contribution < 1.29 is 4.39 Å². The molecule has 1 aliphatic heterocycles. The van der Waals surface area contributed by atoms with Gasteiger partial charge in [0, 0.05) is 16.6 Å². The van der Waals surface area contributed by atoms with Crippen molar-refractivity contribution in [2.24, 2.45) is 0 Å². The Morgan fingerprint density at radius 3 is 2.82 bits per heavy atom. The number of hydrogen-bond acceptors (Lipinski definition) is 1. The number of hydrogen-bond donors (Lipinski definition) is 0. The standard InChI is InChI=1S/C15H13FS/c1-10-13-7-6-12(16)8-11(13)9-17-15-5-3-2-4-14(10)15/h2-8,10H,9H2,1H3. The van der Waals surface area contributed by atoms with Gasteiger partial charge in [-0.3, -0.25) is 0 Å². The average molecular weight is 244 g/mol. The second-order valence-electron chi connectivity index (χ2n) is 4.39. The molecule has 1 atom stereocenters. The van der Waals surface area contributed by atoms with Gasteiger partial charge in [0.2, 0.25) is 0 Å². The maximum Gasteiger partial charge on any atom is 0.123 e. The van der Waals surface area contributed by atoms with Crippen LogP contribution in [0.3, 0.4) is 0 Å². The van der Waals surface area contributed by atoms with E-state index in [1.807, 2.05) is 6.07 Å². The lowest BCUT2D eigenvalue weighted by molar-refractivity contribution is 0.625. The predicted molar refractivity (Wildman–Crippen MR) is 69.9 cm³/mol. The van der Waals surface area contributed by atoms with Gasteiger partial charge >= 0.3 is 0 Å². The van der Waals surface area contributed by atoms with Crippen LogP contribution in [-0.4, -0.2) is 0 Å². The number of benzene rings is 2. The molecule has 17 heavy (non-hydrogen) atoms. The molecule has 86 valence electrons. The third-order valence-electron chi connectivity index (χ3n) is 3.34. The van der Waals surface area contributed by atoms with Gasteiger partial charge in [0.25, 0.3) is 0 Å². The smallest absolute Gasteiger partial charge is 0.123 e. The van der Waals surface area contributed by atoms with Gasteiger partial charge in [-0.1, -0.05) is 31.2 Å². The highest BCUT2D eigenvalue weighted by Gasteiger charge is 2.20. The molecule has 1 heterocycles.